The summed E-state index contributed by atoms with van der Waals surface area (Å²) in [5.41, 5.74) is 9.91. The molecule has 0 unspecified atom stereocenters. The molecule has 2 heterocycles. The maximum Gasteiger partial charge on any atom is 0.505 e. The van der Waals surface area contributed by atoms with Crippen molar-refractivity contribution in [2.24, 2.45) is 5.73 Å². The molecule has 0 atom stereocenters. The smallest absolute Gasteiger partial charge is 0.422 e. The number of piperidine rings is 1. The molecule has 7 heteroatoms. The molecular formula is C21H24BN3O3. The zero-order valence-corrected chi connectivity index (χ0v) is 15.6. The van der Waals surface area contributed by atoms with Gasteiger partial charge in [-0.05, 0) is 59.5 Å². The predicted octanol–water partition coefficient (Wildman–Crippen LogP) is 1.33. The number of carbonyl (C=O) groups is 1. The first-order chi connectivity index (χ1) is 13.5. The van der Waals surface area contributed by atoms with Gasteiger partial charge < -0.3 is 25.7 Å². The lowest BCUT2D eigenvalue weighted by molar-refractivity contribution is 0.0713. The number of rotatable bonds is 4. The normalized spacial score (nSPS) is 15.2. The largest absolute Gasteiger partial charge is 0.505 e. The second kappa shape index (κ2) is 7.79. The summed E-state index contributed by atoms with van der Waals surface area (Å²) in [7, 11) is -1.55. The summed E-state index contributed by atoms with van der Waals surface area (Å²) in [6.07, 6.45) is 1.88. The van der Waals surface area contributed by atoms with Crippen LogP contribution in [0.15, 0.2) is 48.5 Å². The van der Waals surface area contributed by atoms with Crippen LogP contribution < -0.4 is 11.3 Å². The van der Waals surface area contributed by atoms with E-state index in [1.54, 1.807) is 24.3 Å². The highest BCUT2D eigenvalue weighted by atomic mass is 16.4. The van der Waals surface area contributed by atoms with Crippen LogP contribution in [-0.2, 0) is 6.54 Å². The van der Waals surface area contributed by atoms with Crippen LogP contribution in [0.25, 0.3) is 10.9 Å². The van der Waals surface area contributed by atoms with Crippen LogP contribution in [0, 0.1) is 0 Å². The maximum absolute atomic E-state index is 12.9. The molecule has 6 nitrogen and oxygen atoms in total. The molecule has 1 aliphatic heterocycles. The molecule has 1 aliphatic rings. The fraction of sp³-hybridized carbons (Fsp3) is 0.286. The average Bonchev–Trinajstić information content (AvgIpc) is 3.17. The van der Waals surface area contributed by atoms with Gasteiger partial charge in [0.15, 0.2) is 0 Å². The Morgan fingerprint density at radius 1 is 1.14 bits per heavy atom. The van der Waals surface area contributed by atoms with Crippen LogP contribution >= 0.6 is 0 Å². The lowest BCUT2D eigenvalue weighted by Crippen LogP contribution is -2.37. The Kier molecular flexibility index (Phi) is 5.22. The molecule has 4 rings (SSSR count). The topological polar surface area (TPSA) is 103 Å². The Morgan fingerprint density at radius 3 is 2.64 bits per heavy atom. The van der Waals surface area contributed by atoms with E-state index in [1.165, 1.54) is 5.56 Å². The predicted molar refractivity (Wildman–Crippen MR) is 110 cm³/mol. The van der Waals surface area contributed by atoms with Crippen molar-refractivity contribution in [1.82, 2.24) is 9.88 Å². The molecule has 1 fully saturated rings. The Hall–Kier alpha value is -2.61. The van der Waals surface area contributed by atoms with Gasteiger partial charge in [-0.2, -0.15) is 0 Å². The van der Waals surface area contributed by atoms with E-state index < -0.39 is 7.12 Å². The molecule has 5 N–H and O–H groups in total. The molecule has 2 aromatic carbocycles. The Morgan fingerprint density at radius 2 is 1.93 bits per heavy atom. The third kappa shape index (κ3) is 3.69. The van der Waals surface area contributed by atoms with Gasteiger partial charge in [0.2, 0.25) is 0 Å². The van der Waals surface area contributed by atoms with Crippen molar-refractivity contribution in [3.05, 3.63) is 65.2 Å². The molecule has 0 spiro atoms. The molecule has 144 valence electrons. The number of likely N-dealkylation sites (tertiary alicyclic amines) is 1. The molecule has 0 aliphatic carbocycles. The molecule has 1 saturated heterocycles. The Bertz CT molecular complexity index is 993. The van der Waals surface area contributed by atoms with E-state index in [4.69, 9.17) is 5.73 Å². The lowest BCUT2D eigenvalue weighted by Gasteiger charge is -2.32. The maximum atomic E-state index is 12.9. The number of hydrogen-bond donors (Lipinski definition) is 4. The van der Waals surface area contributed by atoms with Gasteiger partial charge in [0.25, 0.3) is 5.91 Å². The number of carbonyl (C=O) groups excluding carboxylic acids is 1. The number of nitrogens with one attached hydrogen (secondary N) is 1. The number of benzene rings is 2. The van der Waals surface area contributed by atoms with Crippen molar-refractivity contribution in [2.45, 2.75) is 25.3 Å². The monoisotopic (exact) mass is 377 g/mol. The van der Waals surface area contributed by atoms with Crippen LogP contribution in [-0.4, -0.2) is 46.0 Å². The summed E-state index contributed by atoms with van der Waals surface area (Å²) in [5, 5.41) is 19.4. The fourth-order valence-corrected chi connectivity index (χ4v) is 4.00. The van der Waals surface area contributed by atoms with Gasteiger partial charge in [-0.15, -0.1) is 0 Å². The third-order valence-corrected chi connectivity index (χ3v) is 5.61. The zero-order valence-electron chi connectivity index (χ0n) is 15.6. The van der Waals surface area contributed by atoms with Gasteiger partial charge in [0, 0.05) is 36.3 Å². The molecule has 0 bridgehead atoms. The number of aromatic nitrogens is 1. The quantitative estimate of drug-likeness (QED) is 0.515. The summed E-state index contributed by atoms with van der Waals surface area (Å²) in [6.45, 7) is 1.99. The molecule has 3 aromatic rings. The molecule has 0 saturated carbocycles. The summed E-state index contributed by atoms with van der Waals surface area (Å²) in [6, 6.07) is 15.5. The van der Waals surface area contributed by atoms with Gasteiger partial charge in [0.05, 0.1) is 0 Å². The summed E-state index contributed by atoms with van der Waals surface area (Å²) in [4.78, 5) is 17.8. The van der Waals surface area contributed by atoms with E-state index in [2.05, 4.69) is 23.2 Å². The summed E-state index contributed by atoms with van der Waals surface area (Å²) in [5.74, 6) is 0.472. The second-order valence-electron chi connectivity index (χ2n) is 7.42. The minimum Gasteiger partial charge on any atom is -0.422 e. The highest BCUT2D eigenvalue weighted by Crippen LogP contribution is 2.29. The zero-order chi connectivity index (χ0) is 19.7. The summed E-state index contributed by atoms with van der Waals surface area (Å²) >= 11 is 0. The number of amides is 1. The average molecular weight is 377 g/mol. The number of H-pyrrole nitrogens is 1. The second-order valence-corrected chi connectivity index (χ2v) is 7.42. The molecule has 0 radical (unpaired) electrons. The van der Waals surface area contributed by atoms with Crippen molar-refractivity contribution in [3.63, 3.8) is 0 Å². The van der Waals surface area contributed by atoms with Gasteiger partial charge in [0.1, 0.15) is 0 Å². The van der Waals surface area contributed by atoms with Crippen molar-refractivity contribution >= 4 is 29.5 Å². The van der Waals surface area contributed by atoms with E-state index in [-0.39, 0.29) is 5.91 Å². The highest BCUT2D eigenvalue weighted by Gasteiger charge is 2.25. The van der Waals surface area contributed by atoms with E-state index in [0.29, 0.717) is 23.6 Å². The SMILES string of the molecule is NCc1cccc(C2CCN(C(=O)c3ccc4[nH]c(B(O)O)cc4c3)CC2)c1. The van der Waals surface area contributed by atoms with Crippen LogP contribution in [0.5, 0.6) is 0 Å². The van der Waals surface area contributed by atoms with Crippen LogP contribution in [0.1, 0.15) is 40.2 Å². The number of hydrogen-bond acceptors (Lipinski definition) is 4. The molecule has 1 aromatic heterocycles. The minimum atomic E-state index is -1.55. The van der Waals surface area contributed by atoms with Gasteiger partial charge in [-0.3, -0.25) is 4.79 Å². The number of aromatic amines is 1. The van der Waals surface area contributed by atoms with E-state index in [0.717, 1.165) is 42.4 Å². The van der Waals surface area contributed by atoms with Gasteiger partial charge in [-0.25, -0.2) is 0 Å². The van der Waals surface area contributed by atoms with E-state index in [1.807, 2.05) is 11.0 Å². The molecular weight excluding hydrogens is 353 g/mol. The van der Waals surface area contributed by atoms with Gasteiger partial charge >= 0.3 is 7.12 Å². The van der Waals surface area contributed by atoms with Crippen LogP contribution in [0.4, 0.5) is 0 Å². The van der Waals surface area contributed by atoms with Gasteiger partial charge in [-0.1, -0.05) is 24.3 Å². The standard InChI is InChI=1S/C21H24BN3O3/c23-13-14-2-1-3-16(10-14)15-6-8-25(9-7-15)21(26)17-4-5-19-18(11-17)12-20(24-19)22(27)28/h1-5,10-12,15,24,27-28H,6-9,13,23H2. The van der Waals surface area contributed by atoms with E-state index >= 15 is 0 Å². The van der Waals surface area contributed by atoms with Crippen LogP contribution in [0.3, 0.4) is 0 Å². The number of fused-ring (bicyclic) bond motifs is 1. The summed E-state index contributed by atoms with van der Waals surface area (Å²) < 4.78 is 0. The number of nitrogens with zero attached hydrogens (tertiary/aromatic N) is 1. The van der Waals surface area contributed by atoms with Crippen molar-refractivity contribution < 1.29 is 14.8 Å². The minimum absolute atomic E-state index is 0.0170. The van der Waals surface area contributed by atoms with Crippen molar-refractivity contribution in [3.8, 4) is 0 Å². The first kappa shape index (κ1) is 18.7. The Labute approximate surface area is 164 Å². The lowest BCUT2D eigenvalue weighted by atomic mass is 9.86. The Balaban J connectivity index is 1.45. The first-order valence-corrected chi connectivity index (χ1v) is 9.62. The van der Waals surface area contributed by atoms with Crippen LogP contribution in [0.2, 0.25) is 0 Å². The number of nitrogens with two attached hydrogens (primary N) is 1. The molecule has 1 amide bonds. The third-order valence-electron chi connectivity index (χ3n) is 5.61. The van der Waals surface area contributed by atoms with E-state index in [9.17, 15) is 14.8 Å². The highest BCUT2D eigenvalue weighted by molar-refractivity contribution is 6.58. The first-order valence-electron chi connectivity index (χ1n) is 9.62. The fourth-order valence-electron chi connectivity index (χ4n) is 4.00. The van der Waals surface area contributed by atoms with Crippen molar-refractivity contribution in [2.75, 3.05) is 13.1 Å². The van der Waals surface area contributed by atoms with Crippen molar-refractivity contribution in [1.29, 1.82) is 0 Å². The molecule has 28 heavy (non-hydrogen) atoms.